The lowest BCUT2D eigenvalue weighted by Gasteiger charge is -2.11. The molecule has 3 nitrogen and oxygen atoms in total. The predicted molar refractivity (Wildman–Crippen MR) is 78.7 cm³/mol. The van der Waals surface area contributed by atoms with Crippen LogP contribution in [0.1, 0.15) is 29.9 Å². The Morgan fingerprint density at radius 3 is 2.84 bits per heavy atom. The number of carbonyl (C=O) groups is 1. The predicted octanol–water partition coefficient (Wildman–Crippen LogP) is 2.00. The molecule has 3 atom stereocenters. The van der Waals surface area contributed by atoms with Crippen LogP contribution in [0.3, 0.4) is 0 Å². The Labute approximate surface area is 120 Å². The first-order valence-corrected chi connectivity index (χ1v) is 6.82. The normalized spacial score (nSPS) is 28.6. The van der Waals surface area contributed by atoms with E-state index in [1.54, 1.807) is 0 Å². The van der Waals surface area contributed by atoms with Crippen LogP contribution in [0.5, 0.6) is 0 Å². The van der Waals surface area contributed by atoms with Crippen molar-refractivity contribution in [2.24, 2.45) is 5.92 Å². The third kappa shape index (κ3) is 3.10. The van der Waals surface area contributed by atoms with Crippen molar-refractivity contribution in [3.05, 3.63) is 35.4 Å². The number of nitrogens with one attached hydrogen (secondary N) is 2. The number of aryl methyl sites for hydroxylation is 1. The van der Waals surface area contributed by atoms with Crippen LogP contribution in [0, 0.1) is 12.8 Å². The lowest BCUT2D eigenvalue weighted by molar-refractivity contribution is -0.123. The van der Waals surface area contributed by atoms with Gasteiger partial charge in [-0.25, -0.2) is 0 Å². The van der Waals surface area contributed by atoms with Crippen LogP contribution in [0.4, 0.5) is 0 Å². The number of carbonyl (C=O) groups excluding carboxylic acids is 1. The van der Waals surface area contributed by atoms with Gasteiger partial charge in [-0.05, 0) is 43.4 Å². The Kier molecular flexibility index (Phi) is 4.48. The monoisotopic (exact) mass is 280 g/mol. The van der Waals surface area contributed by atoms with Crippen LogP contribution in [0.15, 0.2) is 24.3 Å². The van der Waals surface area contributed by atoms with Crippen LogP contribution in [0.25, 0.3) is 0 Å². The van der Waals surface area contributed by atoms with E-state index in [9.17, 15) is 4.79 Å². The van der Waals surface area contributed by atoms with E-state index in [2.05, 4.69) is 41.8 Å². The van der Waals surface area contributed by atoms with Gasteiger partial charge in [0, 0.05) is 18.5 Å². The summed E-state index contributed by atoms with van der Waals surface area (Å²) in [6.07, 6.45) is 2.07. The van der Waals surface area contributed by atoms with Crippen molar-refractivity contribution in [2.75, 3.05) is 13.1 Å². The van der Waals surface area contributed by atoms with E-state index in [0.29, 0.717) is 12.0 Å². The summed E-state index contributed by atoms with van der Waals surface area (Å²) in [7, 11) is 0. The van der Waals surface area contributed by atoms with Crippen LogP contribution in [-0.4, -0.2) is 25.0 Å². The Bertz CT molecular complexity index is 457. The summed E-state index contributed by atoms with van der Waals surface area (Å²) < 4.78 is 0. The lowest BCUT2D eigenvalue weighted by atomic mass is 10.0. The zero-order valence-electron chi connectivity index (χ0n) is 11.2. The molecular weight excluding hydrogens is 260 g/mol. The quantitative estimate of drug-likeness (QED) is 0.889. The van der Waals surface area contributed by atoms with Gasteiger partial charge in [0.25, 0.3) is 0 Å². The fraction of sp³-hybridized carbons (Fsp3) is 0.533. The molecule has 3 rings (SSSR count). The van der Waals surface area contributed by atoms with Crippen molar-refractivity contribution in [2.45, 2.75) is 31.7 Å². The Balaban J connectivity index is 0.00000133. The van der Waals surface area contributed by atoms with Gasteiger partial charge < -0.3 is 10.6 Å². The summed E-state index contributed by atoms with van der Waals surface area (Å²) in [5.74, 6) is 0.893. The molecule has 3 unspecified atom stereocenters. The van der Waals surface area contributed by atoms with Crippen molar-refractivity contribution in [3.8, 4) is 0 Å². The minimum absolute atomic E-state index is 0. The van der Waals surface area contributed by atoms with Crippen LogP contribution in [-0.2, 0) is 4.79 Å². The average Bonchev–Trinajstić information content (AvgIpc) is 3.00. The molecule has 1 amide bonds. The third-order valence-electron chi connectivity index (χ3n) is 4.12. The Hall–Kier alpha value is -1.06. The molecular formula is C15H21ClN2O. The zero-order chi connectivity index (χ0) is 12.5. The van der Waals surface area contributed by atoms with Gasteiger partial charge in [0.15, 0.2) is 0 Å². The Morgan fingerprint density at radius 2 is 2.16 bits per heavy atom. The van der Waals surface area contributed by atoms with Gasteiger partial charge in [-0.15, -0.1) is 12.4 Å². The number of hydrogen-bond acceptors (Lipinski definition) is 2. The van der Waals surface area contributed by atoms with E-state index in [1.807, 2.05) is 0 Å². The van der Waals surface area contributed by atoms with Gasteiger partial charge in [-0.2, -0.15) is 0 Å². The summed E-state index contributed by atoms with van der Waals surface area (Å²) in [6.45, 7) is 4.08. The molecule has 1 aliphatic heterocycles. The minimum Gasteiger partial charge on any atom is -0.352 e. The van der Waals surface area contributed by atoms with E-state index in [0.717, 1.165) is 25.9 Å². The standard InChI is InChI=1S/C15H20N2O.ClH/c1-10-4-2-3-5-12(10)13-8-14(13)15(18)17-11-6-7-16-9-11;/h2-5,11,13-14,16H,6-9H2,1H3,(H,17,18);1H. The van der Waals surface area contributed by atoms with E-state index in [4.69, 9.17) is 0 Å². The molecule has 4 heteroatoms. The maximum absolute atomic E-state index is 12.1. The molecule has 2 aliphatic rings. The highest BCUT2D eigenvalue weighted by Crippen LogP contribution is 2.48. The van der Waals surface area contributed by atoms with E-state index < -0.39 is 0 Å². The summed E-state index contributed by atoms with van der Waals surface area (Å²) >= 11 is 0. The summed E-state index contributed by atoms with van der Waals surface area (Å²) in [5.41, 5.74) is 2.66. The maximum Gasteiger partial charge on any atom is 0.224 e. The molecule has 1 aromatic rings. The van der Waals surface area contributed by atoms with Crippen molar-refractivity contribution in [1.29, 1.82) is 0 Å². The van der Waals surface area contributed by atoms with Crippen LogP contribution >= 0.6 is 12.4 Å². The number of amides is 1. The van der Waals surface area contributed by atoms with Crippen LogP contribution < -0.4 is 10.6 Å². The molecule has 2 fully saturated rings. The van der Waals surface area contributed by atoms with E-state index in [1.165, 1.54) is 11.1 Å². The largest absolute Gasteiger partial charge is 0.352 e. The van der Waals surface area contributed by atoms with Gasteiger partial charge in [0.1, 0.15) is 0 Å². The van der Waals surface area contributed by atoms with E-state index in [-0.39, 0.29) is 24.2 Å². The van der Waals surface area contributed by atoms with Gasteiger partial charge >= 0.3 is 0 Å². The molecule has 2 N–H and O–H groups in total. The van der Waals surface area contributed by atoms with Crippen molar-refractivity contribution in [3.63, 3.8) is 0 Å². The summed E-state index contributed by atoms with van der Waals surface area (Å²) in [4.78, 5) is 12.1. The molecule has 0 spiro atoms. The fourth-order valence-corrected chi connectivity index (χ4v) is 2.92. The second kappa shape index (κ2) is 5.93. The molecule has 1 heterocycles. The molecule has 0 radical (unpaired) electrons. The van der Waals surface area contributed by atoms with Gasteiger partial charge in [0.2, 0.25) is 5.91 Å². The van der Waals surface area contributed by atoms with Crippen molar-refractivity contribution < 1.29 is 4.79 Å². The summed E-state index contributed by atoms with van der Waals surface area (Å²) in [6, 6.07) is 8.75. The smallest absolute Gasteiger partial charge is 0.224 e. The second-order valence-corrected chi connectivity index (χ2v) is 5.50. The molecule has 1 aliphatic carbocycles. The van der Waals surface area contributed by atoms with Gasteiger partial charge in [-0.1, -0.05) is 24.3 Å². The zero-order valence-corrected chi connectivity index (χ0v) is 12.0. The van der Waals surface area contributed by atoms with Crippen molar-refractivity contribution >= 4 is 18.3 Å². The number of rotatable bonds is 3. The molecule has 1 aromatic carbocycles. The SMILES string of the molecule is Cc1ccccc1C1CC1C(=O)NC1CCNC1.Cl. The van der Waals surface area contributed by atoms with Gasteiger partial charge in [-0.3, -0.25) is 4.79 Å². The lowest BCUT2D eigenvalue weighted by Crippen LogP contribution is -2.37. The highest BCUT2D eigenvalue weighted by atomic mass is 35.5. The van der Waals surface area contributed by atoms with Crippen LogP contribution in [0.2, 0.25) is 0 Å². The third-order valence-corrected chi connectivity index (χ3v) is 4.12. The minimum atomic E-state index is 0. The number of hydrogen-bond donors (Lipinski definition) is 2. The molecule has 0 aromatic heterocycles. The molecule has 104 valence electrons. The first-order chi connectivity index (χ1) is 8.75. The highest BCUT2D eigenvalue weighted by Gasteiger charge is 2.44. The fourth-order valence-electron chi connectivity index (χ4n) is 2.92. The van der Waals surface area contributed by atoms with E-state index >= 15 is 0 Å². The maximum atomic E-state index is 12.1. The molecule has 1 saturated carbocycles. The number of benzene rings is 1. The average molecular weight is 281 g/mol. The number of halogens is 1. The topological polar surface area (TPSA) is 41.1 Å². The van der Waals surface area contributed by atoms with Gasteiger partial charge in [0.05, 0.1) is 0 Å². The Morgan fingerprint density at radius 1 is 1.37 bits per heavy atom. The molecule has 1 saturated heterocycles. The highest BCUT2D eigenvalue weighted by molar-refractivity contribution is 5.85. The second-order valence-electron chi connectivity index (χ2n) is 5.50. The first-order valence-electron chi connectivity index (χ1n) is 6.82. The molecule has 19 heavy (non-hydrogen) atoms. The molecule has 0 bridgehead atoms. The van der Waals surface area contributed by atoms with Crippen molar-refractivity contribution in [1.82, 2.24) is 10.6 Å². The first kappa shape index (κ1) is 14.4. The summed E-state index contributed by atoms with van der Waals surface area (Å²) in [5, 5.41) is 6.43.